The minimum absolute atomic E-state index is 0.0628. The fraction of sp³-hybridized carbons (Fsp3) is 0.750. The van der Waals surface area contributed by atoms with E-state index < -0.39 is 5.41 Å². The molecule has 0 amide bonds. The first-order chi connectivity index (χ1) is 17.1. The lowest BCUT2D eigenvalue weighted by Crippen LogP contribution is -2.59. The van der Waals surface area contributed by atoms with Gasteiger partial charge < -0.3 is 18.9 Å². The number of nitrogens with zero attached hydrogens (tertiary/aromatic N) is 1. The van der Waals surface area contributed by atoms with Crippen molar-refractivity contribution in [1.29, 1.82) is 0 Å². The van der Waals surface area contributed by atoms with E-state index in [1.807, 2.05) is 6.08 Å². The molecule has 36 heavy (non-hydrogen) atoms. The second-order valence-electron chi connectivity index (χ2n) is 11.4. The third-order valence-corrected chi connectivity index (χ3v) is 9.27. The molecule has 6 atom stereocenters. The highest BCUT2D eigenvalue weighted by Gasteiger charge is 2.60. The molecule has 1 saturated heterocycles. The van der Waals surface area contributed by atoms with E-state index in [1.54, 1.807) is 0 Å². The maximum Gasteiger partial charge on any atom is 0.335 e. The van der Waals surface area contributed by atoms with Crippen molar-refractivity contribution in [2.75, 3.05) is 39.5 Å². The van der Waals surface area contributed by atoms with Gasteiger partial charge in [-0.3, -0.25) is 14.5 Å². The van der Waals surface area contributed by atoms with Gasteiger partial charge in [-0.1, -0.05) is 26.0 Å². The van der Waals surface area contributed by atoms with Crippen molar-refractivity contribution in [2.45, 2.75) is 71.9 Å². The normalized spacial score (nSPS) is 35.9. The molecule has 3 fully saturated rings. The zero-order valence-electron chi connectivity index (χ0n) is 22.2. The zero-order valence-corrected chi connectivity index (χ0v) is 22.2. The van der Waals surface area contributed by atoms with Gasteiger partial charge in [0.25, 0.3) is 0 Å². The van der Waals surface area contributed by atoms with Crippen LogP contribution in [0.1, 0.15) is 59.8 Å². The summed E-state index contributed by atoms with van der Waals surface area (Å²) in [5.41, 5.74) is 1.30. The standard InChI is InChI=1S/C28H41NO7/c1-18-6-7-24-27(4,10-8-25(36-20(3)31)28(24,5)17-35-19(2)30)22(18)16-23(21-9-13-34-26(21)32)29-11-14-33-15-12-29/h9,22-25H,1,6-8,10-17H2,2-5H3/t22-,23?,24?,25+,27+,28-/m0/s1. The number of carbonyl (C=O) groups excluding carboxylic acids is 3. The molecule has 4 rings (SSSR count). The van der Waals surface area contributed by atoms with Crippen LogP contribution in [0.5, 0.6) is 0 Å². The Morgan fingerprint density at radius 2 is 1.92 bits per heavy atom. The molecule has 8 heteroatoms. The van der Waals surface area contributed by atoms with Gasteiger partial charge in [-0.25, -0.2) is 4.79 Å². The van der Waals surface area contributed by atoms with Gasteiger partial charge >= 0.3 is 17.9 Å². The molecule has 8 nitrogen and oxygen atoms in total. The van der Waals surface area contributed by atoms with Crippen LogP contribution in [0.2, 0.25) is 0 Å². The smallest absolute Gasteiger partial charge is 0.335 e. The predicted octanol–water partition coefficient (Wildman–Crippen LogP) is 3.44. The van der Waals surface area contributed by atoms with Crippen LogP contribution in [0.15, 0.2) is 23.8 Å². The molecule has 0 bridgehead atoms. The summed E-state index contributed by atoms with van der Waals surface area (Å²) < 4.78 is 22.3. The van der Waals surface area contributed by atoms with Crippen molar-refractivity contribution in [3.63, 3.8) is 0 Å². The molecule has 2 unspecified atom stereocenters. The first-order valence-electron chi connectivity index (χ1n) is 13.2. The highest BCUT2D eigenvalue weighted by Crippen LogP contribution is 2.62. The van der Waals surface area contributed by atoms with Gasteiger partial charge in [-0.2, -0.15) is 0 Å². The van der Waals surface area contributed by atoms with Crippen molar-refractivity contribution in [1.82, 2.24) is 4.90 Å². The number of ether oxygens (including phenoxy) is 4. The minimum atomic E-state index is -0.511. The molecule has 2 aliphatic heterocycles. The summed E-state index contributed by atoms with van der Waals surface area (Å²) in [7, 11) is 0. The lowest BCUT2D eigenvalue weighted by Gasteiger charge is -2.61. The molecule has 0 radical (unpaired) electrons. The summed E-state index contributed by atoms with van der Waals surface area (Å²) in [6.07, 6.45) is 5.70. The predicted molar refractivity (Wildman–Crippen MR) is 133 cm³/mol. The van der Waals surface area contributed by atoms with Gasteiger partial charge in [0, 0.05) is 38.4 Å². The van der Waals surface area contributed by atoms with Crippen LogP contribution in [0.3, 0.4) is 0 Å². The second-order valence-corrected chi connectivity index (χ2v) is 11.4. The molecule has 2 saturated carbocycles. The Morgan fingerprint density at radius 1 is 1.19 bits per heavy atom. The van der Waals surface area contributed by atoms with E-state index >= 15 is 0 Å². The Hall–Kier alpha value is -2.19. The molecule has 2 aliphatic carbocycles. The number of cyclic esters (lactones) is 1. The van der Waals surface area contributed by atoms with Gasteiger partial charge in [0.2, 0.25) is 0 Å². The summed E-state index contributed by atoms with van der Waals surface area (Å²) >= 11 is 0. The Bertz CT molecular complexity index is 923. The van der Waals surface area contributed by atoms with E-state index in [0.29, 0.717) is 26.2 Å². The van der Waals surface area contributed by atoms with Crippen molar-refractivity contribution in [3.8, 4) is 0 Å². The Kier molecular flexibility index (Phi) is 7.95. The number of carbonyl (C=O) groups is 3. The molecule has 200 valence electrons. The number of allylic oxidation sites excluding steroid dienone is 1. The summed E-state index contributed by atoms with van der Waals surface area (Å²) in [4.78, 5) is 38.8. The number of rotatable bonds is 7. The molecule has 4 aliphatic rings. The van der Waals surface area contributed by atoms with E-state index in [2.05, 4.69) is 25.3 Å². The average Bonchev–Trinajstić information content (AvgIpc) is 3.25. The Morgan fingerprint density at radius 3 is 2.53 bits per heavy atom. The number of hydrogen-bond acceptors (Lipinski definition) is 8. The third-order valence-electron chi connectivity index (χ3n) is 9.27. The zero-order chi connectivity index (χ0) is 26.1. The van der Waals surface area contributed by atoms with E-state index in [1.165, 1.54) is 19.4 Å². The van der Waals surface area contributed by atoms with Gasteiger partial charge in [0.05, 0.1) is 18.8 Å². The van der Waals surface area contributed by atoms with Gasteiger partial charge in [-0.15, -0.1) is 0 Å². The first kappa shape index (κ1) is 26.9. The van der Waals surface area contributed by atoms with Crippen LogP contribution in [0, 0.1) is 22.7 Å². The van der Waals surface area contributed by atoms with Gasteiger partial charge in [0.15, 0.2) is 0 Å². The topological polar surface area (TPSA) is 91.4 Å². The summed E-state index contributed by atoms with van der Waals surface area (Å²) in [5.74, 6) is -0.552. The fourth-order valence-electron chi connectivity index (χ4n) is 7.48. The molecule has 0 aromatic rings. The number of fused-ring (bicyclic) bond motifs is 1. The number of hydrogen-bond donors (Lipinski definition) is 0. The summed E-state index contributed by atoms with van der Waals surface area (Å²) in [6, 6.07) is -0.0628. The van der Waals surface area contributed by atoms with E-state index in [9.17, 15) is 14.4 Å². The van der Waals surface area contributed by atoms with Crippen LogP contribution < -0.4 is 0 Å². The van der Waals surface area contributed by atoms with Crippen molar-refractivity contribution >= 4 is 17.9 Å². The molecule has 0 aromatic heterocycles. The molecule has 0 aromatic carbocycles. The van der Waals surface area contributed by atoms with E-state index in [0.717, 1.165) is 44.3 Å². The van der Waals surface area contributed by atoms with Crippen LogP contribution in [0.25, 0.3) is 0 Å². The van der Waals surface area contributed by atoms with Gasteiger partial charge in [0.1, 0.15) is 19.3 Å². The lowest BCUT2D eigenvalue weighted by molar-refractivity contribution is -0.192. The largest absolute Gasteiger partial charge is 0.465 e. The maximum atomic E-state index is 12.7. The molecular weight excluding hydrogens is 462 g/mol. The molecular formula is C28H41NO7. The highest BCUT2D eigenvalue weighted by molar-refractivity contribution is 5.91. The Labute approximate surface area is 214 Å². The molecule has 0 N–H and O–H groups in total. The molecule has 0 spiro atoms. The fourth-order valence-corrected chi connectivity index (χ4v) is 7.48. The average molecular weight is 504 g/mol. The van der Waals surface area contributed by atoms with Crippen LogP contribution in [-0.4, -0.2) is 74.5 Å². The van der Waals surface area contributed by atoms with Crippen molar-refractivity contribution in [3.05, 3.63) is 23.8 Å². The van der Waals surface area contributed by atoms with Crippen LogP contribution in [0.4, 0.5) is 0 Å². The van der Waals surface area contributed by atoms with Crippen molar-refractivity contribution < 1.29 is 33.3 Å². The van der Waals surface area contributed by atoms with E-state index in [-0.39, 0.29) is 53.9 Å². The summed E-state index contributed by atoms with van der Waals surface area (Å²) in [6.45, 7) is 15.2. The third kappa shape index (κ3) is 5.12. The minimum Gasteiger partial charge on any atom is -0.465 e. The SMILES string of the molecule is C=C1CCC2[C@](C)(COC(C)=O)[C@H](OC(C)=O)CC[C@]2(C)[C@H]1CC(C1=CCOC1=O)N1CCOCC1. The second kappa shape index (κ2) is 10.7. The van der Waals surface area contributed by atoms with Gasteiger partial charge in [-0.05, 0) is 55.4 Å². The van der Waals surface area contributed by atoms with Crippen LogP contribution in [-0.2, 0) is 33.3 Å². The highest BCUT2D eigenvalue weighted by atomic mass is 16.6. The maximum absolute atomic E-state index is 12.7. The first-order valence-corrected chi connectivity index (χ1v) is 13.2. The van der Waals surface area contributed by atoms with Crippen LogP contribution >= 0.6 is 0 Å². The van der Waals surface area contributed by atoms with E-state index in [4.69, 9.17) is 18.9 Å². The number of esters is 3. The molecule has 2 heterocycles. The monoisotopic (exact) mass is 503 g/mol. The summed E-state index contributed by atoms with van der Waals surface area (Å²) in [5, 5.41) is 0. The quantitative estimate of drug-likeness (QED) is 0.296. The Balaban J connectivity index is 1.67. The lowest BCUT2D eigenvalue weighted by atomic mass is 9.45. The van der Waals surface area contributed by atoms with Crippen molar-refractivity contribution in [2.24, 2.45) is 22.7 Å². The number of morpholine rings is 1.